The molecule has 0 bridgehead atoms. The third-order valence-electron chi connectivity index (χ3n) is 4.96. The Labute approximate surface area is 153 Å². The molecule has 1 heterocycles. The Bertz CT molecular complexity index is 687. The van der Waals surface area contributed by atoms with Crippen LogP contribution >= 0.6 is 24.0 Å². The molecule has 2 N–H and O–H groups in total. The molecule has 0 aliphatic heterocycles. The zero-order chi connectivity index (χ0) is 16.7. The molecule has 1 fully saturated rings. The molecule has 1 saturated carbocycles. The van der Waals surface area contributed by atoms with Crippen LogP contribution < -0.4 is 5.73 Å². The van der Waals surface area contributed by atoms with E-state index in [1.54, 1.807) is 0 Å². The van der Waals surface area contributed by atoms with Crippen molar-refractivity contribution in [2.24, 2.45) is 11.1 Å². The van der Waals surface area contributed by atoms with Gasteiger partial charge in [-0.15, -0.1) is 12.4 Å². The van der Waals surface area contributed by atoms with Crippen LogP contribution in [0.4, 0.5) is 0 Å². The summed E-state index contributed by atoms with van der Waals surface area (Å²) in [6.07, 6.45) is 1.40. The number of hydrogen-bond donors (Lipinski definition) is 1. The average molecular weight is 372 g/mol. The Kier molecular flexibility index (Phi) is 5.60. The van der Waals surface area contributed by atoms with Crippen molar-refractivity contribution < 1.29 is 9.26 Å². The molecule has 1 aliphatic rings. The van der Waals surface area contributed by atoms with Gasteiger partial charge in [0.15, 0.2) is 5.82 Å². The quantitative estimate of drug-likeness (QED) is 0.866. The van der Waals surface area contributed by atoms with E-state index in [1.807, 2.05) is 31.2 Å². The van der Waals surface area contributed by atoms with Gasteiger partial charge in [-0.3, -0.25) is 0 Å². The van der Waals surface area contributed by atoms with Gasteiger partial charge in [-0.1, -0.05) is 42.7 Å². The topological polar surface area (TPSA) is 74.2 Å². The number of rotatable bonds is 5. The highest BCUT2D eigenvalue weighted by Gasteiger charge is 2.62. The van der Waals surface area contributed by atoms with E-state index >= 15 is 0 Å². The van der Waals surface area contributed by atoms with E-state index in [0.29, 0.717) is 36.2 Å². The average Bonchev–Trinajstić information content (AvgIpc) is 2.98. The fourth-order valence-electron chi connectivity index (χ4n) is 3.09. The van der Waals surface area contributed by atoms with Crippen LogP contribution in [0.3, 0.4) is 0 Å². The van der Waals surface area contributed by atoms with Gasteiger partial charge in [-0.2, -0.15) is 4.98 Å². The summed E-state index contributed by atoms with van der Waals surface area (Å²) in [5.41, 5.74) is 6.75. The van der Waals surface area contributed by atoms with Gasteiger partial charge in [0.25, 0.3) is 0 Å². The van der Waals surface area contributed by atoms with E-state index in [9.17, 15) is 0 Å². The van der Waals surface area contributed by atoms with Gasteiger partial charge in [0, 0.05) is 29.9 Å². The molecule has 2 unspecified atom stereocenters. The minimum absolute atomic E-state index is 0. The Morgan fingerprint density at radius 3 is 2.58 bits per heavy atom. The van der Waals surface area contributed by atoms with Gasteiger partial charge in [-0.25, -0.2) is 0 Å². The zero-order valence-electron chi connectivity index (χ0n) is 14.1. The van der Waals surface area contributed by atoms with Crippen molar-refractivity contribution in [3.8, 4) is 0 Å². The standard InChI is InChI=1S/C17H22ClN3O2.ClH/c1-4-22-13-10-17(19,16(13,2)3)15-20-14(21-23-15)9-11-5-7-12(18)8-6-11;/h5-8,13H,4,9-10,19H2,1-3H3;1H. The minimum atomic E-state index is -0.641. The van der Waals surface area contributed by atoms with Crippen molar-refractivity contribution in [1.82, 2.24) is 10.1 Å². The van der Waals surface area contributed by atoms with Gasteiger partial charge >= 0.3 is 0 Å². The van der Waals surface area contributed by atoms with Gasteiger partial charge < -0.3 is 15.0 Å². The SMILES string of the molecule is CCOC1CC(N)(c2nc(Cc3ccc(Cl)cc3)no2)C1(C)C.Cl. The van der Waals surface area contributed by atoms with E-state index in [4.69, 9.17) is 26.6 Å². The van der Waals surface area contributed by atoms with Gasteiger partial charge in [0.1, 0.15) is 5.54 Å². The maximum atomic E-state index is 6.56. The fraction of sp³-hybridized carbons (Fsp3) is 0.529. The Morgan fingerprint density at radius 2 is 2.00 bits per heavy atom. The summed E-state index contributed by atoms with van der Waals surface area (Å²) in [5, 5.41) is 4.79. The summed E-state index contributed by atoms with van der Waals surface area (Å²) < 4.78 is 11.2. The van der Waals surface area contributed by atoms with Gasteiger partial charge in [-0.05, 0) is 24.6 Å². The summed E-state index contributed by atoms with van der Waals surface area (Å²) in [7, 11) is 0. The van der Waals surface area contributed by atoms with E-state index < -0.39 is 5.54 Å². The summed E-state index contributed by atoms with van der Waals surface area (Å²) >= 11 is 5.90. The Hall–Kier alpha value is -1.14. The van der Waals surface area contributed by atoms with Crippen LogP contribution in [-0.4, -0.2) is 22.9 Å². The number of nitrogens with two attached hydrogens (primary N) is 1. The third-order valence-corrected chi connectivity index (χ3v) is 5.21. The molecule has 1 aromatic heterocycles. The maximum absolute atomic E-state index is 6.56. The van der Waals surface area contributed by atoms with Crippen LogP contribution in [0.1, 0.15) is 44.5 Å². The fourth-order valence-corrected chi connectivity index (χ4v) is 3.22. The second-order valence-corrected chi connectivity index (χ2v) is 7.10. The maximum Gasteiger partial charge on any atom is 0.247 e. The number of nitrogens with zero attached hydrogens (tertiary/aromatic N) is 2. The summed E-state index contributed by atoms with van der Waals surface area (Å²) in [6, 6.07) is 7.61. The molecule has 5 nitrogen and oxygen atoms in total. The van der Waals surface area contributed by atoms with Crippen molar-refractivity contribution in [1.29, 1.82) is 0 Å². The van der Waals surface area contributed by atoms with Crippen molar-refractivity contribution in [2.45, 2.75) is 45.3 Å². The largest absolute Gasteiger partial charge is 0.378 e. The monoisotopic (exact) mass is 371 g/mol. The van der Waals surface area contributed by atoms with Crippen LogP contribution in [-0.2, 0) is 16.7 Å². The number of ether oxygens (including phenoxy) is 1. The third kappa shape index (κ3) is 3.18. The van der Waals surface area contributed by atoms with Crippen molar-refractivity contribution in [3.63, 3.8) is 0 Å². The van der Waals surface area contributed by atoms with Crippen LogP contribution in [0.25, 0.3) is 0 Å². The predicted molar refractivity (Wildman–Crippen MR) is 95.5 cm³/mol. The summed E-state index contributed by atoms with van der Waals surface area (Å²) in [5.74, 6) is 1.12. The molecule has 0 amide bonds. The molecular formula is C17H23Cl2N3O2. The van der Waals surface area contributed by atoms with Crippen LogP contribution in [0, 0.1) is 5.41 Å². The van der Waals surface area contributed by atoms with E-state index in [1.165, 1.54) is 0 Å². The lowest BCUT2D eigenvalue weighted by atomic mass is 9.54. The highest BCUT2D eigenvalue weighted by Crippen LogP contribution is 2.55. The number of hydrogen-bond acceptors (Lipinski definition) is 5. The molecule has 2 atom stereocenters. The molecule has 1 aromatic carbocycles. The highest BCUT2D eigenvalue weighted by molar-refractivity contribution is 6.30. The van der Waals surface area contributed by atoms with E-state index in [2.05, 4.69) is 24.0 Å². The van der Waals surface area contributed by atoms with Crippen LogP contribution in [0.15, 0.2) is 28.8 Å². The Morgan fingerprint density at radius 1 is 1.33 bits per heavy atom. The molecule has 2 aromatic rings. The first kappa shape index (κ1) is 19.2. The van der Waals surface area contributed by atoms with Gasteiger partial charge in [0.2, 0.25) is 5.89 Å². The first-order valence-corrected chi connectivity index (χ1v) is 8.22. The van der Waals surface area contributed by atoms with Crippen molar-refractivity contribution in [3.05, 3.63) is 46.6 Å². The summed E-state index contributed by atoms with van der Waals surface area (Å²) in [6.45, 7) is 6.83. The molecule has 24 heavy (non-hydrogen) atoms. The molecule has 132 valence electrons. The van der Waals surface area contributed by atoms with Crippen molar-refractivity contribution in [2.75, 3.05) is 6.61 Å². The molecular weight excluding hydrogens is 349 g/mol. The molecule has 0 radical (unpaired) electrons. The molecule has 7 heteroatoms. The van der Waals surface area contributed by atoms with Gasteiger partial charge in [0.05, 0.1) is 6.10 Å². The predicted octanol–water partition coefficient (Wildman–Crippen LogP) is 3.72. The second kappa shape index (κ2) is 7.00. The molecule has 1 aliphatic carbocycles. The van der Waals surface area contributed by atoms with Crippen LogP contribution in [0.5, 0.6) is 0 Å². The smallest absolute Gasteiger partial charge is 0.247 e. The molecule has 0 saturated heterocycles. The molecule has 3 rings (SSSR count). The van der Waals surface area contributed by atoms with E-state index in [0.717, 1.165) is 5.56 Å². The first-order chi connectivity index (χ1) is 10.9. The van der Waals surface area contributed by atoms with Crippen LogP contribution in [0.2, 0.25) is 5.02 Å². The zero-order valence-corrected chi connectivity index (χ0v) is 15.7. The summed E-state index contributed by atoms with van der Waals surface area (Å²) in [4.78, 5) is 4.52. The second-order valence-electron chi connectivity index (χ2n) is 6.66. The minimum Gasteiger partial charge on any atom is -0.378 e. The highest BCUT2D eigenvalue weighted by atomic mass is 35.5. The lowest BCUT2D eigenvalue weighted by Crippen LogP contribution is -2.67. The lowest BCUT2D eigenvalue weighted by molar-refractivity contribution is -0.162. The normalized spacial score (nSPS) is 25.0. The number of benzene rings is 1. The van der Waals surface area contributed by atoms with E-state index in [-0.39, 0.29) is 23.9 Å². The molecule has 0 spiro atoms. The first-order valence-electron chi connectivity index (χ1n) is 7.85. The lowest BCUT2D eigenvalue weighted by Gasteiger charge is -2.56. The number of halogens is 2. The van der Waals surface area contributed by atoms with Crippen molar-refractivity contribution >= 4 is 24.0 Å². The number of aromatic nitrogens is 2. The Balaban J connectivity index is 0.00000208.